The molecular formula is C25H25N3O4S. The van der Waals surface area contributed by atoms with Crippen LogP contribution in [0.2, 0.25) is 0 Å². The van der Waals surface area contributed by atoms with Crippen LogP contribution in [0.25, 0.3) is 22.2 Å². The Hall–Kier alpha value is -3.65. The number of rotatable bonds is 8. The van der Waals surface area contributed by atoms with E-state index < -0.39 is 15.9 Å². The smallest absolute Gasteiger partial charge is 0.283 e. The van der Waals surface area contributed by atoms with Gasteiger partial charge in [-0.25, -0.2) is 18.1 Å². The maximum absolute atomic E-state index is 12.5. The van der Waals surface area contributed by atoms with Crippen molar-refractivity contribution in [3.05, 3.63) is 83.7 Å². The zero-order valence-electron chi connectivity index (χ0n) is 18.5. The number of methoxy groups -OCH3 is 1. The molecule has 0 saturated heterocycles. The topological polar surface area (TPSA) is 101 Å². The normalized spacial score (nSPS) is 11.5. The molecule has 7 nitrogen and oxygen atoms in total. The van der Waals surface area contributed by atoms with Crippen molar-refractivity contribution in [2.24, 2.45) is 0 Å². The first kappa shape index (κ1) is 22.5. The van der Waals surface area contributed by atoms with E-state index in [1.807, 2.05) is 54.6 Å². The van der Waals surface area contributed by atoms with Gasteiger partial charge in [0.15, 0.2) is 0 Å². The lowest BCUT2D eigenvalue weighted by atomic mass is 10.0. The molecule has 2 aromatic heterocycles. The number of benzene rings is 2. The summed E-state index contributed by atoms with van der Waals surface area (Å²) in [6.45, 7) is 1.74. The molecular weight excluding hydrogens is 438 g/mol. The number of amides is 1. The zero-order chi connectivity index (χ0) is 23.4. The predicted molar refractivity (Wildman–Crippen MR) is 129 cm³/mol. The molecule has 0 unspecified atom stereocenters. The Balaban J connectivity index is 1.72. The lowest BCUT2D eigenvalue weighted by Gasteiger charge is -2.08. The summed E-state index contributed by atoms with van der Waals surface area (Å²) in [4.78, 5) is 20.4. The Morgan fingerprint density at radius 3 is 2.58 bits per heavy atom. The second-order valence-corrected chi connectivity index (χ2v) is 9.54. The largest absolute Gasteiger partial charge is 0.497 e. The molecule has 8 heteroatoms. The van der Waals surface area contributed by atoms with Crippen molar-refractivity contribution in [3.63, 3.8) is 0 Å². The van der Waals surface area contributed by atoms with Crippen LogP contribution in [0.4, 0.5) is 0 Å². The minimum absolute atomic E-state index is 0.0648. The van der Waals surface area contributed by atoms with E-state index in [0.717, 1.165) is 33.5 Å². The Morgan fingerprint density at radius 1 is 1.06 bits per heavy atom. The summed E-state index contributed by atoms with van der Waals surface area (Å²) in [5, 5.41) is 1.02. The highest BCUT2D eigenvalue weighted by Gasteiger charge is 2.18. The second kappa shape index (κ2) is 9.46. The predicted octanol–water partition coefficient (Wildman–Crippen LogP) is 4.30. The van der Waals surface area contributed by atoms with Gasteiger partial charge < -0.3 is 9.72 Å². The number of nitrogens with zero attached hydrogens (tertiary/aromatic N) is 1. The van der Waals surface area contributed by atoms with Crippen LogP contribution in [-0.4, -0.2) is 37.2 Å². The van der Waals surface area contributed by atoms with Crippen molar-refractivity contribution < 1.29 is 17.9 Å². The van der Waals surface area contributed by atoms with Gasteiger partial charge in [-0.1, -0.05) is 43.3 Å². The fraction of sp³-hybridized carbons (Fsp3) is 0.200. The summed E-state index contributed by atoms with van der Waals surface area (Å²) < 4.78 is 31.4. The van der Waals surface area contributed by atoms with E-state index in [4.69, 9.17) is 4.74 Å². The first-order chi connectivity index (χ1) is 15.9. The van der Waals surface area contributed by atoms with Crippen LogP contribution in [0.3, 0.4) is 0 Å². The molecule has 2 heterocycles. The van der Waals surface area contributed by atoms with Crippen LogP contribution in [0, 0.1) is 0 Å². The fourth-order valence-electron chi connectivity index (χ4n) is 3.80. The maximum atomic E-state index is 12.5. The highest BCUT2D eigenvalue weighted by molar-refractivity contribution is 7.90. The van der Waals surface area contributed by atoms with Crippen LogP contribution in [-0.2, 0) is 16.4 Å². The van der Waals surface area contributed by atoms with E-state index >= 15 is 0 Å². The molecule has 0 atom stereocenters. The third-order valence-corrected chi connectivity index (χ3v) is 6.74. The minimum Gasteiger partial charge on any atom is -0.497 e. The van der Waals surface area contributed by atoms with Crippen molar-refractivity contribution in [2.75, 3.05) is 12.9 Å². The molecule has 0 aliphatic heterocycles. The van der Waals surface area contributed by atoms with Crippen molar-refractivity contribution in [2.45, 2.75) is 19.8 Å². The molecule has 2 aromatic carbocycles. The van der Waals surface area contributed by atoms with Crippen LogP contribution in [0.5, 0.6) is 5.75 Å². The molecule has 0 aliphatic carbocycles. The van der Waals surface area contributed by atoms with Gasteiger partial charge in [0.25, 0.3) is 5.91 Å². The number of carbonyl (C=O) groups excluding carboxylic acids is 1. The number of aromatic nitrogens is 2. The van der Waals surface area contributed by atoms with E-state index in [-0.39, 0.29) is 11.4 Å². The first-order valence-electron chi connectivity index (χ1n) is 10.6. The third kappa shape index (κ3) is 5.06. The molecule has 4 aromatic rings. The third-order valence-electron chi connectivity index (χ3n) is 5.29. The summed E-state index contributed by atoms with van der Waals surface area (Å²) in [6.07, 6.45) is 0.878. The number of H-pyrrole nitrogens is 1. The monoisotopic (exact) mass is 463 g/mol. The molecule has 0 fully saturated rings. The van der Waals surface area contributed by atoms with Gasteiger partial charge in [0.1, 0.15) is 11.4 Å². The summed E-state index contributed by atoms with van der Waals surface area (Å²) in [5.41, 5.74) is 4.67. The molecule has 170 valence electrons. The average Bonchev–Trinajstić information content (AvgIpc) is 3.17. The van der Waals surface area contributed by atoms with E-state index in [2.05, 4.69) is 14.7 Å². The van der Waals surface area contributed by atoms with E-state index in [0.29, 0.717) is 18.5 Å². The summed E-state index contributed by atoms with van der Waals surface area (Å²) >= 11 is 0. The quantitative estimate of drug-likeness (QED) is 0.406. The first-order valence-corrected chi connectivity index (χ1v) is 12.3. The number of sulfonamides is 1. The number of carbonyl (C=O) groups is 1. The van der Waals surface area contributed by atoms with Gasteiger partial charge in [0, 0.05) is 29.1 Å². The SMILES string of the molecule is CCCS(=O)(=O)NC(=O)c1cccc(Cc2c(-c3ccccc3)[nH]c3cc(OC)ccc23)n1. The Kier molecular flexibility index (Phi) is 6.46. The second-order valence-electron chi connectivity index (χ2n) is 7.70. The van der Waals surface area contributed by atoms with Crippen molar-refractivity contribution in [1.82, 2.24) is 14.7 Å². The molecule has 0 saturated carbocycles. The molecule has 0 spiro atoms. The van der Waals surface area contributed by atoms with Gasteiger partial charge in [0.05, 0.1) is 18.6 Å². The number of aromatic amines is 1. The van der Waals surface area contributed by atoms with Crippen molar-refractivity contribution in [1.29, 1.82) is 0 Å². The van der Waals surface area contributed by atoms with Crippen LogP contribution in [0.15, 0.2) is 66.7 Å². The molecule has 1 amide bonds. The maximum Gasteiger partial charge on any atom is 0.283 e. The molecule has 0 bridgehead atoms. The van der Waals surface area contributed by atoms with Crippen molar-refractivity contribution in [3.8, 4) is 17.0 Å². The Labute approximate surface area is 192 Å². The van der Waals surface area contributed by atoms with E-state index in [1.54, 1.807) is 20.1 Å². The van der Waals surface area contributed by atoms with Gasteiger partial charge in [-0.05, 0) is 41.8 Å². The van der Waals surface area contributed by atoms with Crippen molar-refractivity contribution >= 4 is 26.8 Å². The molecule has 0 radical (unpaired) electrons. The molecule has 4 rings (SSSR count). The number of hydrogen-bond acceptors (Lipinski definition) is 5. The van der Waals surface area contributed by atoms with Gasteiger partial charge in [0.2, 0.25) is 10.0 Å². The van der Waals surface area contributed by atoms with Crippen LogP contribution < -0.4 is 9.46 Å². The Morgan fingerprint density at radius 2 is 1.85 bits per heavy atom. The lowest BCUT2D eigenvalue weighted by Crippen LogP contribution is -2.33. The highest BCUT2D eigenvalue weighted by Crippen LogP contribution is 2.33. The molecule has 33 heavy (non-hydrogen) atoms. The highest BCUT2D eigenvalue weighted by atomic mass is 32.2. The standard InChI is InChI=1S/C25H25N3O4S/c1-3-14-33(30,31)28-25(29)22-11-7-10-18(26-22)15-21-20-13-12-19(32-2)16-23(20)27-24(21)17-8-5-4-6-9-17/h4-13,16,27H,3,14-15H2,1-2H3,(H,28,29). The number of nitrogens with one attached hydrogen (secondary N) is 2. The van der Waals surface area contributed by atoms with Gasteiger partial charge in [-0.15, -0.1) is 0 Å². The summed E-state index contributed by atoms with van der Waals surface area (Å²) in [5.74, 6) is -0.0882. The lowest BCUT2D eigenvalue weighted by molar-refractivity contribution is 0.0976. The summed E-state index contributed by atoms with van der Waals surface area (Å²) in [6, 6.07) is 20.9. The van der Waals surface area contributed by atoms with E-state index in [1.165, 1.54) is 6.07 Å². The van der Waals surface area contributed by atoms with Gasteiger partial charge >= 0.3 is 0 Å². The van der Waals surface area contributed by atoms with Crippen LogP contribution in [0.1, 0.15) is 35.1 Å². The van der Waals surface area contributed by atoms with Crippen LogP contribution >= 0.6 is 0 Å². The Bertz CT molecular complexity index is 1400. The number of fused-ring (bicyclic) bond motifs is 1. The molecule has 2 N–H and O–H groups in total. The minimum atomic E-state index is -3.68. The zero-order valence-corrected chi connectivity index (χ0v) is 19.3. The number of hydrogen-bond donors (Lipinski definition) is 2. The number of pyridine rings is 1. The number of ether oxygens (including phenoxy) is 1. The van der Waals surface area contributed by atoms with Gasteiger partial charge in [-0.3, -0.25) is 4.79 Å². The average molecular weight is 464 g/mol. The van der Waals surface area contributed by atoms with E-state index in [9.17, 15) is 13.2 Å². The molecule has 0 aliphatic rings. The van der Waals surface area contributed by atoms with Gasteiger partial charge in [-0.2, -0.15) is 0 Å². The fourth-order valence-corrected chi connectivity index (χ4v) is 4.82. The summed E-state index contributed by atoms with van der Waals surface area (Å²) in [7, 11) is -2.05.